The number of nitrogens with one attached hydrogen (secondary N) is 2. The van der Waals surface area contributed by atoms with Gasteiger partial charge in [-0.05, 0) is 74.8 Å². The van der Waals surface area contributed by atoms with E-state index < -0.39 is 69.2 Å². The number of ether oxygens (including phenoxy) is 2. The van der Waals surface area contributed by atoms with Gasteiger partial charge in [0.15, 0.2) is 23.8 Å². The van der Waals surface area contributed by atoms with Gasteiger partial charge in [0.05, 0.1) is 0 Å². The van der Waals surface area contributed by atoms with Gasteiger partial charge in [-0.3, -0.25) is 9.59 Å². The summed E-state index contributed by atoms with van der Waals surface area (Å²) in [7, 11) is 1.33. The lowest BCUT2D eigenvalue weighted by Gasteiger charge is -2.59. The monoisotopic (exact) mass is 697 g/mol. The molecule has 2 saturated heterocycles. The molecule has 2 amide bonds. The minimum Gasteiger partial charge on any atom is -0.384 e. The molecular formula is C33H67N3O12. The second-order valence-electron chi connectivity index (χ2n) is 14.4. The Morgan fingerprint density at radius 1 is 0.583 bits per heavy atom. The van der Waals surface area contributed by atoms with E-state index in [9.17, 15) is 50.4 Å². The molecule has 2 fully saturated rings. The highest BCUT2D eigenvalue weighted by molar-refractivity contribution is 5.83. The molecule has 0 saturated carbocycles. The van der Waals surface area contributed by atoms with Crippen molar-refractivity contribution in [2.24, 2.45) is 5.73 Å². The molecule has 10 atom stereocenters. The molecule has 0 aliphatic carbocycles. The van der Waals surface area contributed by atoms with Gasteiger partial charge in [0.25, 0.3) is 11.8 Å². The topological polar surface area (TPSA) is 265 Å². The van der Waals surface area contributed by atoms with Crippen molar-refractivity contribution >= 4 is 11.8 Å². The number of rotatable bonds is 11. The SMILES string of the molecule is CCCCCCN.CCCCCCNC(=O)C1O[C@@](C)(O)C(C)(O)[C@](C)(O)[C@]1(C)O.CNC(=O)C1O[C@@](C)(O)C(C)(O)[C@](C)(O)[C@]1(C)O. The largest absolute Gasteiger partial charge is 0.384 e. The number of unbranched alkanes of at least 4 members (excludes halogenated alkanes) is 6. The number of hydrogen-bond acceptors (Lipinski definition) is 13. The summed E-state index contributed by atoms with van der Waals surface area (Å²) < 4.78 is 10.3. The Balaban J connectivity index is 0.000000783. The van der Waals surface area contributed by atoms with Crippen LogP contribution in [0.3, 0.4) is 0 Å². The van der Waals surface area contributed by atoms with Crippen molar-refractivity contribution < 1.29 is 59.9 Å². The van der Waals surface area contributed by atoms with Gasteiger partial charge in [-0.1, -0.05) is 52.4 Å². The molecule has 4 unspecified atom stereocenters. The molecule has 0 spiro atoms. The Kier molecular flexibility index (Phi) is 16.6. The van der Waals surface area contributed by atoms with Crippen molar-refractivity contribution in [2.75, 3.05) is 20.1 Å². The fourth-order valence-corrected chi connectivity index (χ4v) is 5.49. The third kappa shape index (κ3) is 9.23. The van der Waals surface area contributed by atoms with Crippen molar-refractivity contribution in [3.63, 3.8) is 0 Å². The first kappa shape index (κ1) is 46.5. The van der Waals surface area contributed by atoms with E-state index in [1.54, 1.807) is 0 Å². The summed E-state index contributed by atoms with van der Waals surface area (Å²) in [4.78, 5) is 24.0. The van der Waals surface area contributed by atoms with Gasteiger partial charge in [-0.15, -0.1) is 0 Å². The van der Waals surface area contributed by atoms with Crippen molar-refractivity contribution in [1.82, 2.24) is 10.6 Å². The van der Waals surface area contributed by atoms with E-state index >= 15 is 0 Å². The fraction of sp³-hybridized carbons (Fsp3) is 0.939. The first-order valence-corrected chi connectivity index (χ1v) is 16.9. The number of likely N-dealkylation sites (N-methyl/N-ethyl adjacent to an activating group) is 1. The van der Waals surface area contributed by atoms with Crippen LogP contribution in [0, 0.1) is 0 Å². The predicted octanol–water partition coefficient (Wildman–Crippen LogP) is -0.339. The molecule has 0 aromatic heterocycles. The molecule has 0 aromatic rings. The quantitative estimate of drug-likeness (QED) is 0.124. The van der Waals surface area contributed by atoms with Crippen LogP contribution in [-0.2, 0) is 19.1 Å². The zero-order valence-electron chi connectivity index (χ0n) is 31.0. The van der Waals surface area contributed by atoms with Crippen LogP contribution in [0.4, 0.5) is 0 Å². The summed E-state index contributed by atoms with van der Waals surface area (Å²) in [5, 5.41) is 87.8. The average molecular weight is 698 g/mol. The van der Waals surface area contributed by atoms with E-state index in [1.807, 2.05) is 0 Å². The lowest BCUT2D eigenvalue weighted by Crippen LogP contribution is -2.82. The molecule has 48 heavy (non-hydrogen) atoms. The summed E-state index contributed by atoms with van der Waals surface area (Å²) in [6.45, 7) is 14.8. The average Bonchev–Trinajstić information content (AvgIpc) is 2.97. The Bertz CT molecular complexity index is 1020. The Hall–Kier alpha value is -1.50. The number of nitrogens with two attached hydrogens (primary N) is 1. The van der Waals surface area contributed by atoms with E-state index in [2.05, 4.69) is 24.5 Å². The molecule has 15 nitrogen and oxygen atoms in total. The van der Waals surface area contributed by atoms with Crippen molar-refractivity contribution in [1.29, 1.82) is 0 Å². The van der Waals surface area contributed by atoms with E-state index in [1.165, 1.54) is 46.6 Å². The first-order chi connectivity index (χ1) is 21.6. The summed E-state index contributed by atoms with van der Waals surface area (Å²) in [5.74, 6) is -5.75. The lowest BCUT2D eigenvalue weighted by atomic mass is 9.65. The molecular weight excluding hydrogens is 630 g/mol. The van der Waals surface area contributed by atoms with Crippen LogP contribution in [0.1, 0.15) is 121 Å². The first-order valence-electron chi connectivity index (χ1n) is 16.9. The Labute approximate surface area is 286 Å². The van der Waals surface area contributed by atoms with Crippen molar-refractivity contribution in [3.8, 4) is 0 Å². The summed E-state index contributed by atoms with van der Waals surface area (Å²) in [6.07, 6.45) is 6.04. The minimum atomic E-state index is -2.21. The van der Waals surface area contributed by atoms with Gasteiger partial charge in [-0.2, -0.15) is 0 Å². The van der Waals surface area contributed by atoms with Crippen LogP contribution in [0.5, 0.6) is 0 Å². The van der Waals surface area contributed by atoms with Gasteiger partial charge >= 0.3 is 0 Å². The smallest absolute Gasteiger partial charge is 0.252 e. The molecule has 286 valence electrons. The van der Waals surface area contributed by atoms with E-state index in [4.69, 9.17) is 15.2 Å². The molecule has 15 heteroatoms. The zero-order chi connectivity index (χ0) is 38.2. The normalized spacial score (nSPS) is 42.4. The third-order valence-electron chi connectivity index (χ3n) is 10.5. The molecule has 2 aliphatic rings. The third-order valence-corrected chi connectivity index (χ3v) is 10.5. The van der Waals surface area contributed by atoms with E-state index in [0.29, 0.717) is 6.54 Å². The van der Waals surface area contributed by atoms with Gasteiger partial charge in [0.2, 0.25) is 0 Å². The summed E-state index contributed by atoms with van der Waals surface area (Å²) in [5.41, 5.74) is -7.60. The van der Waals surface area contributed by atoms with Crippen LogP contribution in [0.15, 0.2) is 0 Å². The van der Waals surface area contributed by atoms with Crippen LogP contribution < -0.4 is 16.4 Å². The van der Waals surface area contributed by atoms with Crippen molar-refractivity contribution in [3.05, 3.63) is 0 Å². The minimum absolute atomic E-state index is 0.412. The molecule has 2 heterocycles. The van der Waals surface area contributed by atoms with Gasteiger partial charge in [-0.25, -0.2) is 0 Å². The van der Waals surface area contributed by atoms with Crippen LogP contribution in [0.25, 0.3) is 0 Å². The standard InChI is InChI=1S/C16H31NO6.C11H21NO6.C6H15N/c1-6-7-8-9-10-17-12(18)11-13(2,19)14(3,20)15(4,21)16(5,22)23-11;1-8(14)6(7(13)12-5)18-11(4,17)10(3,16)9(8,2)15;1-2-3-4-5-6-7/h11,19-22H,6-10H2,1-5H3,(H,17,18);6,14-17H,1-5H3,(H,12,13);2-7H2,1H3/t11?,13-,14-,15?,16-;6?,8-,9-,10?,11-;/m11./s1. The number of amides is 2. The molecule has 0 aromatic carbocycles. The number of hydrogen-bond donors (Lipinski definition) is 11. The van der Waals surface area contributed by atoms with E-state index in [-0.39, 0.29) is 0 Å². The van der Waals surface area contributed by atoms with Gasteiger partial charge in [0.1, 0.15) is 33.6 Å². The molecule has 0 bridgehead atoms. The number of aliphatic hydroxyl groups is 8. The maximum absolute atomic E-state index is 12.3. The highest BCUT2D eigenvalue weighted by Gasteiger charge is 2.72. The van der Waals surface area contributed by atoms with Crippen LogP contribution in [0.2, 0.25) is 0 Å². The summed E-state index contributed by atoms with van der Waals surface area (Å²) >= 11 is 0. The summed E-state index contributed by atoms with van der Waals surface area (Å²) in [6, 6.07) is 0. The van der Waals surface area contributed by atoms with Crippen molar-refractivity contribution in [2.45, 2.75) is 178 Å². The number of carbonyl (C=O) groups excluding carboxylic acids is 2. The zero-order valence-corrected chi connectivity index (χ0v) is 31.0. The second kappa shape index (κ2) is 17.1. The highest BCUT2D eigenvalue weighted by Crippen LogP contribution is 2.49. The highest BCUT2D eigenvalue weighted by atomic mass is 16.7. The molecule has 0 radical (unpaired) electrons. The molecule has 2 rings (SSSR count). The molecule has 12 N–H and O–H groups in total. The van der Waals surface area contributed by atoms with E-state index in [0.717, 1.165) is 73.8 Å². The predicted molar refractivity (Wildman–Crippen MR) is 179 cm³/mol. The second-order valence-corrected chi connectivity index (χ2v) is 14.4. The number of carbonyl (C=O) groups is 2. The Morgan fingerprint density at radius 2 is 0.938 bits per heavy atom. The maximum Gasteiger partial charge on any atom is 0.252 e. The Morgan fingerprint density at radius 3 is 1.27 bits per heavy atom. The fourth-order valence-electron chi connectivity index (χ4n) is 5.49. The maximum atomic E-state index is 12.3. The van der Waals surface area contributed by atoms with Gasteiger partial charge in [0, 0.05) is 13.6 Å². The van der Waals surface area contributed by atoms with Gasteiger partial charge < -0.3 is 66.7 Å². The molecule has 2 aliphatic heterocycles. The van der Waals surface area contributed by atoms with Crippen LogP contribution >= 0.6 is 0 Å². The van der Waals surface area contributed by atoms with Crippen LogP contribution in [-0.4, -0.2) is 130 Å². The lowest BCUT2D eigenvalue weighted by molar-refractivity contribution is -0.414.